The second-order valence-corrected chi connectivity index (χ2v) is 21.2. The zero-order valence-corrected chi connectivity index (χ0v) is 41.3. The molecular formula is C49H66N6O12S2. The van der Waals surface area contributed by atoms with Gasteiger partial charge in [-0.2, -0.15) is 8.42 Å². The first-order valence-corrected chi connectivity index (χ1v) is 26.0. The number of benzene rings is 1. The van der Waals surface area contributed by atoms with Crippen molar-refractivity contribution in [1.29, 1.82) is 0 Å². The Morgan fingerprint density at radius 3 is 2.38 bits per heavy atom. The van der Waals surface area contributed by atoms with Gasteiger partial charge in [-0.15, -0.1) is 18.3 Å². The number of carbonyl (C=O) groups is 4. The van der Waals surface area contributed by atoms with Gasteiger partial charge in [-0.1, -0.05) is 42.0 Å². The quantitative estimate of drug-likeness (QED) is 0.0672. The van der Waals surface area contributed by atoms with Crippen molar-refractivity contribution in [3.63, 3.8) is 0 Å². The van der Waals surface area contributed by atoms with Gasteiger partial charge in [0, 0.05) is 81.7 Å². The maximum absolute atomic E-state index is 13.9. The van der Waals surface area contributed by atoms with Crippen LogP contribution in [0.3, 0.4) is 0 Å². The van der Waals surface area contributed by atoms with Crippen LogP contribution in [0.1, 0.15) is 80.9 Å². The molecule has 4 saturated heterocycles. The number of primary amides is 1. The molecule has 0 bridgehead atoms. The van der Waals surface area contributed by atoms with E-state index >= 15 is 0 Å². The predicted octanol–water partition coefficient (Wildman–Crippen LogP) is 3.65. The fourth-order valence-electron chi connectivity index (χ4n) is 10.1. The van der Waals surface area contributed by atoms with Gasteiger partial charge in [-0.05, 0) is 68.0 Å². The number of rotatable bonds is 21. The third-order valence-electron chi connectivity index (χ3n) is 13.7. The van der Waals surface area contributed by atoms with Crippen LogP contribution >= 0.6 is 11.8 Å². The number of likely N-dealkylation sites (N-methyl/N-ethyl adjacent to an activating group) is 1. The van der Waals surface area contributed by atoms with Crippen molar-refractivity contribution in [3.05, 3.63) is 106 Å². The Labute approximate surface area is 408 Å². The lowest BCUT2D eigenvalue weighted by atomic mass is 9.86. The van der Waals surface area contributed by atoms with Crippen LogP contribution in [0.5, 0.6) is 0 Å². The molecule has 4 fully saturated rings. The minimum atomic E-state index is -4.61. The topological polar surface area (TPSA) is 240 Å². The molecular weight excluding hydrogens is 929 g/mol. The van der Waals surface area contributed by atoms with E-state index in [4.69, 9.17) is 24.7 Å². The van der Waals surface area contributed by atoms with E-state index in [0.29, 0.717) is 65.9 Å². The zero-order chi connectivity index (χ0) is 49.6. The van der Waals surface area contributed by atoms with Crippen LogP contribution in [0.25, 0.3) is 0 Å². The summed E-state index contributed by atoms with van der Waals surface area (Å²) < 4.78 is 60.4. The molecule has 0 radical (unpaired) electrons. The fraction of sp³-hybridized carbons (Fsp3) is 0.551. The van der Waals surface area contributed by atoms with E-state index in [1.54, 1.807) is 13.2 Å². The number of hydrogen-bond acceptors (Lipinski definition) is 14. The number of aliphatic hydroxyl groups is 1. The Kier molecular flexibility index (Phi) is 17.1. The first-order valence-electron chi connectivity index (χ1n) is 23.5. The van der Waals surface area contributed by atoms with Gasteiger partial charge >= 0.3 is 0 Å². The molecule has 7 atom stereocenters. The lowest BCUT2D eigenvalue weighted by molar-refractivity contribution is -0.136. The molecule has 0 aromatic heterocycles. The van der Waals surface area contributed by atoms with Crippen LogP contribution in [0.4, 0.5) is 0 Å². The van der Waals surface area contributed by atoms with Gasteiger partial charge in [-0.25, -0.2) is 0 Å². The van der Waals surface area contributed by atoms with Crippen molar-refractivity contribution in [2.24, 2.45) is 11.7 Å². The smallest absolute Gasteiger partial charge is 0.283 e. The van der Waals surface area contributed by atoms with Crippen molar-refractivity contribution in [2.45, 2.75) is 118 Å². The number of amides is 4. The average molecular weight is 995 g/mol. The number of nitrogens with two attached hydrogens (primary N) is 1. The van der Waals surface area contributed by atoms with Gasteiger partial charge in [0.05, 0.1) is 31.4 Å². The van der Waals surface area contributed by atoms with Gasteiger partial charge in [-0.3, -0.25) is 29.0 Å². The highest BCUT2D eigenvalue weighted by molar-refractivity contribution is 7.99. The van der Waals surface area contributed by atoms with E-state index in [2.05, 4.69) is 29.9 Å². The van der Waals surface area contributed by atoms with Crippen LogP contribution in [0.15, 0.2) is 89.3 Å². The van der Waals surface area contributed by atoms with E-state index < -0.39 is 50.9 Å². The Morgan fingerprint density at radius 2 is 1.71 bits per heavy atom. The SMILES string of the molecule is C=CCC/C=C1/CCN(C(=O)C2=CC(OC)=C(OCc3cc(COC4=C(OC)C[C@H]5C(=O)N6CC(=C)C[C@H]6C(S(=O)(=O)O)N[C@H]5C4)cc(CSC4CC(=O)N(CCCC(N)=O)[C@H]4O)c3)C[C@H]2NC)C1. The van der Waals surface area contributed by atoms with Crippen molar-refractivity contribution in [2.75, 3.05) is 47.4 Å². The van der Waals surface area contributed by atoms with Gasteiger partial charge in [0.25, 0.3) is 16.0 Å². The van der Waals surface area contributed by atoms with E-state index in [-0.39, 0.29) is 82.2 Å². The Hall–Kier alpha value is -5.12. The first kappa shape index (κ1) is 51.7. The van der Waals surface area contributed by atoms with Crippen LogP contribution in [-0.2, 0) is 67.2 Å². The predicted molar refractivity (Wildman–Crippen MR) is 258 cm³/mol. The number of thioether (sulfide) groups is 1. The second-order valence-electron chi connectivity index (χ2n) is 18.5. The van der Waals surface area contributed by atoms with Crippen LogP contribution in [-0.4, -0.2) is 139 Å². The largest absolute Gasteiger partial charge is 0.498 e. The summed E-state index contributed by atoms with van der Waals surface area (Å²) in [6.07, 6.45) is 8.87. The Bertz CT molecular complexity index is 2420. The summed E-state index contributed by atoms with van der Waals surface area (Å²) in [5, 5.41) is 15.7. The van der Waals surface area contributed by atoms with Crippen molar-refractivity contribution in [1.82, 2.24) is 25.3 Å². The summed E-state index contributed by atoms with van der Waals surface area (Å²) >= 11 is 1.43. The summed E-state index contributed by atoms with van der Waals surface area (Å²) in [4.78, 5) is 56.8. The monoisotopic (exact) mass is 994 g/mol. The third kappa shape index (κ3) is 12.3. The molecule has 0 spiro atoms. The minimum Gasteiger partial charge on any atom is -0.498 e. The number of aliphatic hydroxyl groups excluding tert-OH is 1. The second kappa shape index (κ2) is 22.7. The molecule has 7 rings (SSSR count). The number of methoxy groups -OCH3 is 2. The fourth-order valence-corrected chi connectivity index (χ4v) is 12.3. The summed E-state index contributed by atoms with van der Waals surface area (Å²) in [7, 11) is 0.237. The lowest BCUT2D eigenvalue weighted by Gasteiger charge is -2.33. The highest BCUT2D eigenvalue weighted by atomic mass is 32.2. The molecule has 1 aromatic carbocycles. The number of carbonyl (C=O) groups excluding carboxylic acids is 4. The molecule has 6 aliphatic rings. The van der Waals surface area contributed by atoms with Crippen molar-refractivity contribution < 1.29 is 56.2 Å². The van der Waals surface area contributed by atoms with Crippen LogP contribution in [0, 0.1) is 5.92 Å². The highest BCUT2D eigenvalue weighted by Gasteiger charge is 2.51. The van der Waals surface area contributed by atoms with E-state index in [1.165, 1.54) is 34.2 Å². The van der Waals surface area contributed by atoms with E-state index in [9.17, 15) is 37.3 Å². The number of fused-ring (bicyclic) bond motifs is 2. The van der Waals surface area contributed by atoms with E-state index in [0.717, 1.165) is 36.0 Å². The number of hydrogen-bond donors (Lipinski definition) is 5. The number of likely N-dealkylation sites (tertiary alicyclic amines) is 2. The van der Waals surface area contributed by atoms with Gasteiger partial charge in [0.1, 0.15) is 36.7 Å². The van der Waals surface area contributed by atoms with Gasteiger partial charge in [0.15, 0.2) is 11.1 Å². The number of ether oxygens (including phenoxy) is 4. The van der Waals surface area contributed by atoms with Crippen LogP contribution < -0.4 is 16.4 Å². The molecule has 4 amide bonds. The van der Waals surface area contributed by atoms with Crippen molar-refractivity contribution >= 4 is 45.5 Å². The number of unbranched alkanes of at least 4 members (excludes halogenated alkanes) is 1. The lowest BCUT2D eigenvalue weighted by Crippen LogP contribution is -2.52. The number of allylic oxidation sites excluding steroid dienone is 4. The summed E-state index contributed by atoms with van der Waals surface area (Å²) in [6.45, 7) is 9.59. The molecule has 0 saturated carbocycles. The third-order valence-corrected chi connectivity index (χ3v) is 16.1. The zero-order valence-electron chi connectivity index (χ0n) is 39.7. The van der Waals surface area contributed by atoms with Gasteiger partial charge in [0.2, 0.25) is 17.7 Å². The standard InChI is InChI=1S/C49H66N6O12S2/c1-6-7-8-10-30-12-14-53(25-30)47(58)34-19-39(64-4)41(21-36(34)51-3)66-26-31-16-32(18-33(17-31)28-68-43-23-45(57)54(49(43)60)13-9-11-44(50)56)27-67-42-22-37-35(20-40(42)65-5)48(59)55-24-29(2)15-38(55)46(52-37)69(61,62)63/h6,10,16-19,35-38,43,46,49,51-52,60H,1-2,7-9,11-15,20-28H2,3-5H3,(H2,50,56)(H,61,62,63)/b30-10-/t35-,36-,37+,38+,43?,46?,49+/m1/s1. The van der Waals surface area contributed by atoms with Crippen molar-refractivity contribution in [3.8, 4) is 0 Å². The Morgan fingerprint density at radius 1 is 0.986 bits per heavy atom. The van der Waals surface area contributed by atoms with Gasteiger partial charge < -0.3 is 49.8 Å². The number of nitrogens with zero attached hydrogens (tertiary/aromatic N) is 3. The molecule has 2 unspecified atom stereocenters. The normalized spacial score (nSPS) is 26.8. The molecule has 2 aliphatic carbocycles. The van der Waals surface area contributed by atoms with Crippen LogP contribution in [0.2, 0.25) is 0 Å². The summed E-state index contributed by atoms with van der Waals surface area (Å²) in [6, 6.07) is 4.07. The maximum Gasteiger partial charge on any atom is 0.283 e. The molecule has 1 aromatic rings. The number of nitrogens with one attached hydrogen (secondary N) is 2. The Balaban J connectivity index is 1.11. The molecule has 6 N–H and O–H groups in total. The molecule has 20 heteroatoms. The minimum absolute atomic E-state index is 0.0528. The molecule has 4 heterocycles. The molecule has 18 nitrogen and oxygen atoms in total. The average Bonchev–Trinajstić information content (AvgIpc) is 4.01. The van der Waals surface area contributed by atoms with E-state index in [1.807, 2.05) is 36.2 Å². The molecule has 69 heavy (non-hydrogen) atoms. The maximum atomic E-state index is 13.9. The molecule has 4 aliphatic heterocycles. The molecule has 376 valence electrons. The summed E-state index contributed by atoms with van der Waals surface area (Å²) in [5.74, 6) is 0.658. The summed E-state index contributed by atoms with van der Waals surface area (Å²) in [5.41, 5.74) is 10.2. The first-order chi connectivity index (χ1) is 33.0. The highest BCUT2D eigenvalue weighted by Crippen LogP contribution is 2.40.